The molecule has 0 aliphatic carbocycles. The molecule has 0 unspecified atom stereocenters. The van der Waals surface area contributed by atoms with Crippen molar-refractivity contribution >= 4 is 27.6 Å². The highest BCUT2D eigenvalue weighted by molar-refractivity contribution is 7.89. The van der Waals surface area contributed by atoms with Gasteiger partial charge in [-0.05, 0) is 50.2 Å². The van der Waals surface area contributed by atoms with Gasteiger partial charge in [0, 0.05) is 25.7 Å². The summed E-state index contributed by atoms with van der Waals surface area (Å²) in [4.78, 5) is 38.1. The van der Waals surface area contributed by atoms with E-state index in [0.29, 0.717) is 5.69 Å². The predicted octanol–water partition coefficient (Wildman–Crippen LogP) is 2.22. The summed E-state index contributed by atoms with van der Waals surface area (Å²) in [6.45, 7) is 3.58. The fourth-order valence-electron chi connectivity index (χ4n) is 2.96. The number of amides is 1. The highest BCUT2D eigenvalue weighted by Crippen LogP contribution is 2.18. The number of rotatable bonds is 7. The van der Waals surface area contributed by atoms with Crippen molar-refractivity contribution in [2.45, 2.75) is 18.7 Å². The Bertz CT molecular complexity index is 1380. The molecule has 3 rings (SSSR count). The Morgan fingerprint density at radius 2 is 1.68 bits per heavy atom. The number of nitrogens with one attached hydrogen (secondary N) is 1. The molecule has 0 atom stereocenters. The molecule has 0 spiro atoms. The van der Waals surface area contributed by atoms with Crippen molar-refractivity contribution in [1.82, 2.24) is 14.1 Å². The molecular formula is C23H24N4O6S. The van der Waals surface area contributed by atoms with E-state index < -0.39 is 27.5 Å². The van der Waals surface area contributed by atoms with E-state index in [0.717, 1.165) is 20.6 Å². The number of aromatic nitrogens is 2. The van der Waals surface area contributed by atoms with E-state index in [1.165, 1.54) is 38.4 Å². The first kappa shape index (κ1) is 24.8. The van der Waals surface area contributed by atoms with Gasteiger partial charge in [-0.15, -0.1) is 0 Å². The highest BCUT2D eigenvalue weighted by Gasteiger charge is 2.22. The van der Waals surface area contributed by atoms with Gasteiger partial charge in [0.25, 0.3) is 11.5 Å². The summed E-state index contributed by atoms with van der Waals surface area (Å²) >= 11 is 0. The van der Waals surface area contributed by atoms with Crippen LogP contribution >= 0.6 is 0 Å². The zero-order valence-electron chi connectivity index (χ0n) is 19.1. The summed E-state index contributed by atoms with van der Waals surface area (Å²) in [5, 5.41) is 6.63. The summed E-state index contributed by atoms with van der Waals surface area (Å²) < 4.78 is 31.6. The average Bonchev–Trinajstić information content (AvgIpc) is 2.80. The lowest BCUT2D eigenvalue weighted by Gasteiger charge is -2.13. The number of esters is 1. The third-order valence-electron chi connectivity index (χ3n) is 4.82. The van der Waals surface area contributed by atoms with Gasteiger partial charge in [0.15, 0.2) is 5.69 Å². The van der Waals surface area contributed by atoms with E-state index in [-0.39, 0.29) is 28.4 Å². The van der Waals surface area contributed by atoms with E-state index in [9.17, 15) is 22.8 Å². The molecule has 0 bridgehead atoms. The van der Waals surface area contributed by atoms with Gasteiger partial charge in [0.1, 0.15) is 0 Å². The molecule has 2 aromatic carbocycles. The van der Waals surface area contributed by atoms with Gasteiger partial charge in [-0.3, -0.25) is 9.59 Å². The highest BCUT2D eigenvalue weighted by atomic mass is 32.2. The number of sulfonamides is 1. The molecule has 34 heavy (non-hydrogen) atoms. The Kier molecular flexibility index (Phi) is 7.28. The second kappa shape index (κ2) is 9.98. The third kappa shape index (κ3) is 5.21. The molecular weight excluding hydrogens is 460 g/mol. The molecule has 1 aromatic heterocycles. The van der Waals surface area contributed by atoms with E-state index >= 15 is 0 Å². The minimum atomic E-state index is -3.66. The van der Waals surface area contributed by atoms with Gasteiger partial charge in [-0.2, -0.15) is 9.78 Å². The van der Waals surface area contributed by atoms with Crippen LogP contribution in [0.15, 0.2) is 64.3 Å². The van der Waals surface area contributed by atoms with Crippen molar-refractivity contribution < 1.29 is 22.7 Å². The van der Waals surface area contributed by atoms with Gasteiger partial charge >= 0.3 is 5.97 Å². The Morgan fingerprint density at radius 3 is 2.24 bits per heavy atom. The first-order valence-corrected chi connectivity index (χ1v) is 11.7. The van der Waals surface area contributed by atoms with Crippen LogP contribution in [0.5, 0.6) is 0 Å². The van der Waals surface area contributed by atoms with Crippen LogP contribution in [0, 0.1) is 6.92 Å². The summed E-state index contributed by atoms with van der Waals surface area (Å²) in [5.74, 6) is -1.47. The van der Waals surface area contributed by atoms with Crippen LogP contribution in [0.2, 0.25) is 0 Å². The summed E-state index contributed by atoms with van der Waals surface area (Å²) in [6.07, 6.45) is 0. The fraction of sp³-hybridized carbons (Fsp3) is 0.217. The molecule has 10 nitrogen and oxygen atoms in total. The monoisotopic (exact) mass is 484 g/mol. The topological polar surface area (TPSA) is 128 Å². The van der Waals surface area contributed by atoms with Crippen LogP contribution in [0.1, 0.15) is 33.3 Å². The van der Waals surface area contributed by atoms with Gasteiger partial charge < -0.3 is 10.1 Å². The first-order chi connectivity index (χ1) is 16.0. The third-order valence-corrected chi connectivity index (χ3v) is 6.65. The lowest BCUT2D eigenvalue weighted by molar-refractivity contribution is 0.0518. The SMILES string of the molecule is CCOC(=O)c1nn(-c2ccc(C)cc2)c(=O)cc1NC(=O)c1ccc(S(=O)(=O)N(C)C)cc1. The van der Waals surface area contributed by atoms with E-state index in [1.807, 2.05) is 6.92 Å². The molecule has 11 heteroatoms. The summed E-state index contributed by atoms with van der Waals surface area (Å²) in [5.41, 5.74) is 0.603. The van der Waals surface area contributed by atoms with E-state index in [2.05, 4.69) is 10.4 Å². The number of hydrogen-bond acceptors (Lipinski definition) is 7. The number of carbonyl (C=O) groups excluding carboxylic acids is 2. The maximum atomic E-state index is 12.8. The van der Waals surface area contributed by atoms with Crippen molar-refractivity contribution in [1.29, 1.82) is 0 Å². The molecule has 0 saturated carbocycles. The van der Waals surface area contributed by atoms with Gasteiger partial charge in [-0.1, -0.05) is 17.7 Å². The zero-order valence-corrected chi connectivity index (χ0v) is 19.9. The van der Waals surface area contributed by atoms with Crippen molar-refractivity contribution in [3.8, 4) is 5.69 Å². The van der Waals surface area contributed by atoms with Crippen LogP contribution < -0.4 is 10.9 Å². The Hall–Kier alpha value is -3.83. The first-order valence-electron chi connectivity index (χ1n) is 10.3. The number of hydrogen-bond donors (Lipinski definition) is 1. The lowest BCUT2D eigenvalue weighted by atomic mass is 10.2. The molecule has 3 aromatic rings. The fourth-order valence-corrected chi connectivity index (χ4v) is 3.86. The Labute approximate surface area is 196 Å². The molecule has 0 aliphatic heterocycles. The second-order valence-corrected chi connectivity index (χ2v) is 9.63. The van der Waals surface area contributed by atoms with Crippen molar-refractivity contribution in [3.63, 3.8) is 0 Å². The average molecular weight is 485 g/mol. The molecule has 0 saturated heterocycles. The van der Waals surface area contributed by atoms with Gasteiger partial charge in [0.05, 0.1) is 22.9 Å². The molecule has 1 N–H and O–H groups in total. The molecule has 178 valence electrons. The Balaban J connectivity index is 1.97. The number of aryl methyl sites for hydroxylation is 1. The van der Waals surface area contributed by atoms with Crippen molar-refractivity contribution in [2.75, 3.05) is 26.0 Å². The maximum absolute atomic E-state index is 12.8. The molecule has 0 aliphatic rings. The van der Waals surface area contributed by atoms with Crippen molar-refractivity contribution in [3.05, 3.63) is 81.8 Å². The predicted molar refractivity (Wildman–Crippen MR) is 126 cm³/mol. The van der Waals surface area contributed by atoms with Crippen LogP contribution in [-0.4, -0.2) is 55.1 Å². The minimum absolute atomic E-state index is 0.0172. The van der Waals surface area contributed by atoms with Crippen LogP contribution in [0.4, 0.5) is 5.69 Å². The van der Waals surface area contributed by atoms with Gasteiger partial charge in [-0.25, -0.2) is 17.5 Å². The minimum Gasteiger partial charge on any atom is -0.461 e. The largest absolute Gasteiger partial charge is 0.461 e. The maximum Gasteiger partial charge on any atom is 0.360 e. The molecule has 0 fully saturated rings. The van der Waals surface area contributed by atoms with Crippen LogP contribution in [-0.2, 0) is 14.8 Å². The molecule has 1 heterocycles. The lowest BCUT2D eigenvalue weighted by Crippen LogP contribution is -2.27. The van der Waals surface area contributed by atoms with Gasteiger partial charge in [0.2, 0.25) is 10.0 Å². The summed E-state index contributed by atoms with van der Waals surface area (Å²) in [7, 11) is -0.853. The quantitative estimate of drug-likeness (QED) is 0.509. The zero-order chi connectivity index (χ0) is 25.0. The molecule has 0 radical (unpaired) electrons. The number of ether oxygens (including phenoxy) is 1. The molecule has 1 amide bonds. The Morgan fingerprint density at radius 1 is 1.06 bits per heavy atom. The normalized spacial score (nSPS) is 11.3. The van der Waals surface area contributed by atoms with Crippen LogP contribution in [0.25, 0.3) is 5.69 Å². The number of benzene rings is 2. The van der Waals surface area contributed by atoms with E-state index in [1.54, 1.807) is 31.2 Å². The second-order valence-electron chi connectivity index (χ2n) is 7.48. The number of anilines is 1. The number of carbonyl (C=O) groups is 2. The van der Waals surface area contributed by atoms with E-state index in [4.69, 9.17) is 4.74 Å². The van der Waals surface area contributed by atoms with Crippen molar-refractivity contribution in [2.24, 2.45) is 0 Å². The smallest absolute Gasteiger partial charge is 0.360 e. The van der Waals surface area contributed by atoms with Crippen LogP contribution in [0.3, 0.4) is 0 Å². The summed E-state index contributed by atoms with van der Waals surface area (Å²) in [6, 6.07) is 13.3. The number of nitrogens with zero attached hydrogens (tertiary/aromatic N) is 3. The standard InChI is InChI=1S/C23H24N4O6S/c1-5-33-23(30)21-19(14-20(28)27(25-21)17-10-6-15(2)7-11-17)24-22(29)16-8-12-18(13-9-16)34(31,32)26(3)4/h6-14H,5H2,1-4H3,(H,24,29).